The summed E-state index contributed by atoms with van der Waals surface area (Å²) in [5, 5.41) is 0. The molecule has 0 saturated heterocycles. The van der Waals surface area contributed by atoms with Gasteiger partial charge >= 0.3 is 0 Å². The molecule has 0 amide bonds. The average molecular weight is 268 g/mol. The summed E-state index contributed by atoms with van der Waals surface area (Å²) in [5.74, 6) is -0.636. The maximum atomic E-state index is 14.1. The molecular formula is C18H17FO. The number of hydrogen-bond donors (Lipinski definition) is 0. The van der Waals surface area contributed by atoms with Gasteiger partial charge in [0.1, 0.15) is 5.82 Å². The first kappa shape index (κ1) is 13.0. The zero-order valence-corrected chi connectivity index (χ0v) is 11.8. The first-order valence-electron chi connectivity index (χ1n) is 6.99. The third-order valence-corrected chi connectivity index (χ3v) is 4.02. The Morgan fingerprint density at radius 2 is 1.80 bits per heavy atom. The molecular weight excluding hydrogens is 251 g/mol. The summed E-state index contributed by atoms with van der Waals surface area (Å²) in [7, 11) is 0. The number of aryl methyl sites for hydroxylation is 4. The van der Waals surface area contributed by atoms with Gasteiger partial charge in [0.05, 0.1) is 5.56 Å². The van der Waals surface area contributed by atoms with Crippen LogP contribution in [0.2, 0.25) is 0 Å². The second-order valence-electron chi connectivity index (χ2n) is 5.60. The van der Waals surface area contributed by atoms with Crippen LogP contribution in [0.5, 0.6) is 0 Å². The van der Waals surface area contributed by atoms with Gasteiger partial charge in [0.2, 0.25) is 0 Å². The summed E-state index contributed by atoms with van der Waals surface area (Å²) in [5.41, 5.74) is 4.90. The Balaban J connectivity index is 2.05. The first-order chi connectivity index (χ1) is 9.56. The first-order valence-corrected chi connectivity index (χ1v) is 6.99. The van der Waals surface area contributed by atoms with Crippen LogP contribution in [0.15, 0.2) is 30.3 Å². The number of halogens is 1. The monoisotopic (exact) mass is 268 g/mol. The molecule has 102 valence electrons. The van der Waals surface area contributed by atoms with Gasteiger partial charge in [0.25, 0.3) is 0 Å². The smallest absolute Gasteiger partial charge is 0.196 e. The van der Waals surface area contributed by atoms with Gasteiger partial charge in [-0.05, 0) is 67.5 Å². The SMILES string of the molecule is Cc1cc(C)c(C(=O)c2ccc3c(c2)CCC3)c(F)c1. The fourth-order valence-electron chi connectivity index (χ4n) is 3.06. The molecule has 2 heteroatoms. The number of benzene rings is 2. The van der Waals surface area contributed by atoms with Crippen molar-refractivity contribution in [1.29, 1.82) is 0 Å². The molecule has 0 aliphatic heterocycles. The average Bonchev–Trinajstić information content (AvgIpc) is 2.84. The lowest BCUT2D eigenvalue weighted by atomic mass is 9.95. The quantitative estimate of drug-likeness (QED) is 0.747. The number of fused-ring (bicyclic) bond motifs is 1. The van der Waals surface area contributed by atoms with E-state index in [4.69, 9.17) is 0 Å². The van der Waals surface area contributed by atoms with E-state index in [2.05, 4.69) is 0 Å². The van der Waals surface area contributed by atoms with Crippen LogP contribution >= 0.6 is 0 Å². The second kappa shape index (κ2) is 4.86. The summed E-state index contributed by atoms with van der Waals surface area (Å²) in [4.78, 5) is 12.6. The van der Waals surface area contributed by atoms with Crippen molar-refractivity contribution < 1.29 is 9.18 Å². The van der Waals surface area contributed by atoms with Gasteiger partial charge in [-0.3, -0.25) is 4.79 Å². The van der Waals surface area contributed by atoms with E-state index < -0.39 is 5.82 Å². The van der Waals surface area contributed by atoms with Crippen LogP contribution in [0.25, 0.3) is 0 Å². The van der Waals surface area contributed by atoms with E-state index >= 15 is 0 Å². The molecule has 0 fully saturated rings. The summed E-state index contributed by atoms with van der Waals surface area (Å²) in [6.07, 6.45) is 3.25. The third-order valence-electron chi connectivity index (χ3n) is 4.02. The van der Waals surface area contributed by atoms with Gasteiger partial charge in [-0.25, -0.2) is 4.39 Å². The van der Waals surface area contributed by atoms with E-state index in [0.717, 1.165) is 24.8 Å². The minimum atomic E-state index is -0.423. The topological polar surface area (TPSA) is 17.1 Å². The highest BCUT2D eigenvalue weighted by Crippen LogP contribution is 2.25. The second-order valence-corrected chi connectivity index (χ2v) is 5.60. The molecule has 2 aromatic carbocycles. The highest BCUT2D eigenvalue weighted by Gasteiger charge is 2.19. The lowest BCUT2D eigenvalue weighted by molar-refractivity contribution is 0.103. The van der Waals surface area contributed by atoms with Gasteiger partial charge in [-0.1, -0.05) is 18.2 Å². The van der Waals surface area contributed by atoms with Gasteiger partial charge in [0.15, 0.2) is 5.78 Å². The molecule has 0 aromatic heterocycles. The predicted molar refractivity (Wildman–Crippen MR) is 77.8 cm³/mol. The Bertz CT molecular complexity index is 678. The molecule has 1 nitrogen and oxygen atoms in total. The van der Waals surface area contributed by atoms with Crippen LogP contribution in [0.1, 0.15) is 44.6 Å². The van der Waals surface area contributed by atoms with Crippen molar-refractivity contribution >= 4 is 5.78 Å². The van der Waals surface area contributed by atoms with Crippen LogP contribution in [-0.2, 0) is 12.8 Å². The molecule has 0 saturated carbocycles. The Morgan fingerprint density at radius 3 is 2.55 bits per heavy atom. The van der Waals surface area contributed by atoms with Gasteiger partial charge in [-0.15, -0.1) is 0 Å². The normalized spacial score (nSPS) is 13.3. The third kappa shape index (κ3) is 2.15. The lowest BCUT2D eigenvalue weighted by Gasteiger charge is -2.09. The van der Waals surface area contributed by atoms with Crippen molar-refractivity contribution in [1.82, 2.24) is 0 Å². The summed E-state index contributed by atoms with van der Waals surface area (Å²) >= 11 is 0. The molecule has 0 bridgehead atoms. The van der Waals surface area contributed by atoms with E-state index in [0.29, 0.717) is 11.1 Å². The van der Waals surface area contributed by atoms with E-state index in [-0.39, 0.29) is 11.3 Å². The van der Waals surface area contributed by atoms with E-state index in [1.807, 2.05) is 31.2 Å². The molecule has 0 unspecified atom stereocenters. The van der Waals surface area contributed by atoms with E-state index in [9.17, 15) is 9.18 Å². The summed E-state index contributed by atoms with van der Waals surface area (Å²) in [6.45, 7) is 3.62. The Labute approximate surface area is 118 Å². The highest BCUT2D eigenvalue weighted by atomic mass is 19.1. The van der Waals surface area contributed by atoms with Gasteiger partial charge < -0.3 is 0 Å². The fourth-order valence-corrected chi connectivity index (χ4v) is 3.06. The fraction of sp³-hybridized carbons (Fsp3) is 0.278. The zero-order valence-electron chi connectivity index (χ0n) is 11.8. The molecule has 0 N–H and O–H groups in total. The maximum Gasteiger partial charge on any atom is 0.196 e. The number of carbonyl (C=O) groups is 1. The summed E-state index contributed by atoms with van der Waals surface area (Å²) < 4.78 is 14.1. The largest absolute Gasteiger partial charge is 0.288 e. The molecule has 0 heterocycles. The molecule has 0 spiro atoms. The lowest BCUT2D eigenvalue weighted by Crippen LogP contribution is -2.08. The standard InChI is InChI=1S/C18H17FO/c1-11-8-12(2)17(16(19)9-11)18(20)15-7-6-13-4-3-5-14(13)10-15/h6-10H,3-5H2,1-2H3. The van der Waals surface area contributed by atoms with Crippen LogP contribution in [0.4, 0.5) is 4.39 Å². The highest BCUT2D eigenvalue weighted by molar-refractivity contribution is 6.10. The Hall–Kier alpha value is -1.96. The molecule has 0 radical (unpaired) electrons. The van der Waals surface area contributed by atoms with Crippen molar-refractivity contribution in [3.63, 3.8) is 0 Å². The van der Waals surface area contributed by atoms with Crippen LogP contribution in [0.3, 0.4) is 0 Å². The van der Waals surface area contributed by atoms with Crippen molar-refractivity contribution in [3.05, 3.63) is 69.5 Å². The minimum Gasteiger partial charge on any atom is -0.288 e. The number of hydrogen-bond acceptors (Lipinski definition) is 1. The van der Waals surface area contributed by atoms with Gasteiger partial charge in [-0.2, -0.15) is 0 Å². The molecule has 0 atom stereocenters. The van der Waals surface area contributed by atoms with Crippen molar-refractivity contribution in [3.8, 4) is 0 Å². The summed E-state index contributed by atoms with van der Waals surface area (Å²) in [6, 6.07) is 9.04. The van der Waals surface area contributed by atoms with E-state index in [1.54, 1.807) is 6.92 Å². The molecule has 1 aliphatic rings. The molecule has 3 rings (SSSR count). The number of rotatable bonds is 2. The van der Waals surface area contributed by atoms with Crippen molar-refractivity contribution in [2.75, 3.05) is 0 Å². The predicted octanol–water partition coefficient (Wildman–Crippen LogP) is 4.16. The molecule has 2 aromatic rings. The van der Waals surface area contributed by atoms with E-state index in [1.165, 1.54) is 17.2 Å². The molecule has 20 heavy (non-hydrogen) atoms. The van der Waals surface area contributed by atoms with Crippen LogP contribution in [-0.4, -0.2) is 5.78 Å². The zero-order chi connectivity index (χ0) is 14.3. The van der Waals surface area contributed by atoms with Gasteiger partial charge in [0, 0.05) is 5.56 Å². The molecule has 1 aliphatic carbocycles. The Kier molecular flexibility index (Phi) is 3.17. The minimum absolute atomic E-state index is 0.202. The Morgan fingerprint density at radius 1 is 1.05 bits per heavy atom. The van der Waals surface area contributed by atoms with Crippen molar-refractivity contribution in [2.24, 2.45) is 0 Å². The number of carbonyl (C=O) groups excluding carboxylic acids is 1. The van der Waals surface area contributed by atoms with Crippen LogP contribution < -0.4 is 0 Å². The van der Waals surface area contributed by atoms with Crippen LogP contribution in [0, 0.1) is 19.7 Å². The maximum absolute atomic E-state index is 14.1. The number of ketones is 1. The van der Waals surface area contributed by atoms with Crippen molar-refractivity contribution in [2.45, 2.75) is 33.1 Å².